The topological polar surface area (TPSA) is 55.8 Å². The molecule has 16 heavy (non-hydrogen) atoms. The Kier molecular flexibility index (Phi) is 5.01. The summed E-state index contributed by atoms with van der Waals surface area (Å²) in [6, 6.07) is 5.04. The third-order valence-electron chi connectivity index (χ3n) is 1.83. The summed E-state index contributed by atoms with van der Waals surface area (Å²) in [5, 5.41) is 9.11. The van der Waals surface area contributed by atoms with Crippen LogP contribution >= 0.6 is 22.6 Å². The molecule has 0 aliphatic carbocycles. The minimum Gasteiger partial charge on any atom is -0.490 e. The van der Waals surface area contributed by atoms with Gasteiger partial charge in [-0.2, -0.15) is 0 Å². The molecule has 0 heterocycles. The van der Waals surface area contributed by atoms with E-state index in [0.717, 1.165) is 3.57 Å². The monoisotopic (exact) mass is 336 g/mol. The Morgan fingerprint density at radius 1 is 1.56 bits per heavy atom. The minimum absolute atomic E-state index is 0.195. The number of esters is 1. The second kappa shape index (κ2) is 6.05. The number of aliphatic hydroxyl groups is 1. The highest BCUT2D eigenvalue weighted by atomic mass is 127. The van der Waals surface area contributed by atoms with E-state index >= 15 is 0 Å². The lowest BCUT2D eigenvalue weighted by atomic mass is 10.2. The lowest BCUT2D eigenvalue weighted by Crippen LogP contribution is -2.13. The van der Waals surface area contributed by atoms with Crippen molar-refractivity contribution in [3.05, 3.63) is 27.3 Å². The zero-order chi connectivity index (χ0) is 12.1. The maximum absolute atomic E-state index is 11.3. The van der Waals surface area contributed by atoms with Crippen molar-refractivity contribution in [1.82, 2.24) is 0 Å². The fraction of sp³-hybridized carbons (Fsp3) is 0.364. The highest BCUT2D eigenvalue weighted by molar-refractivity contribution is 14.1. The van der Waals surface area contributed by atoms with Gasteiger partial charge in [0.2, 0.25) is 0 Å². The van der Waals surface area contributed by atoms with Gasteiger partial charge in [-0.05, 0) is 47.7 Å². The summed E-state index contributed by atoms with van der Waals surface area (Å²) in [7, 11) is 1.33. The first kappa shape index (κ1) is 13.2. The third kappa shape index (κ3) is 3.64. The normalized spacial score (nSPS) is 12.0. The molecule has 0 radical (unpaired) electrons. The second-order valence-corrected chi connectivity index (χ2v) is 4.46. The molecule has 0 bridgehead atoms. The standard InChI is InChI=1S/C11H13IO4/c1-7(13)6-16-10-5-8(11(14)15-2)3-4-9(10)12/h3-5,7,13H,6H2,1-2H3. The van der Waals surface area contributed by atoms with Crippen LogP contribution in [0.15, 0.2) is 18.2 Å². The second-order valence-electron chi connectivity index (χ2n) is 3.30. The summed E-state index contributed by atoms with van der Waals surface area (Å²) in [5.74, 6) is 0.169. The van der Waals surface area contributed by atoms with Crippen molar-refractivity contribution in [2.24, 2.45) is 0 Å². The quantitative estimate of drug-likeness (QED) is 0.673. The predicted octanol–water partition coefficient (Wildman–Crippen LogP) is 1.84. The first-order valence-corrected chi connectivity index (χ1v) is 5.81. The summed E-state index contributed by atoms with van der Waals surface area (Å²) in [6.45, 7) is 1.83. The van der Waals surface area contributed by atoms with Gasteiger partial charge in [0, 0.05) is 0 Å². The number of methoxy groups -OCH3 is 1. The molecular formula is C11H13IO4. The van der Waals surface area contributed by atoms with Gasteiger partial charge in [-0.1, -0.05) is 0 Å². The van der Waals surface area contributed by atoms with Gasteiger partial charge in [0.25, 0.3) is 0 Å². The highest BCUT2D eigenvalue weighted by Gasteiger charge is 2.10. The van der Waals surface area contributed by atoms with Crippen molar-refractivity contribution >= 4 is 28.6 Å². The van der Waals surface area contributed by atoms with E-state index in [1.165, 1.54) is 7.11 Å². The number of ether oxygens (including phenoxy) is 2. The Hall–Kier alpha value is -0.820. The number of hydrogen-bond acceptors (Lipinski definition) is 4. The van der Waals surface area contributed by atoms with Gasteiger partial charge in [0.1, 0.15) is 12.4 Å². The Labute approximate surface area is 108 Å². The van der Waals surface area contributed by atoms with Crippen molar-refractivity contribution in [1.29, 1.82) is 0 Å². The van der Waals surface area contributed by atoms with Crippen LogP contribution in [0, 0.1) is 3.57 Å². The summed E-state index contributed by atoms with van der Waals surface area (Å²) in [5.41, 5.74) is 0.434. The number of carbonyl (C=O) groups is 1. The summed E-state index contributed by atoms with van der Waals surface area (Å²) < 4.78 is 10.9. The van der Waals surface area contributed by atoms with Crippen molar-refractivity contribution < 1.29 is 19.4 Å². The van der Waals surface area contributed by atoms with Crippen LogP contribution in [0.3, 0.4) is 0 Å². The number of rotatable bonds is 4. The van der Waals surface area contributed by atoms with Crippen LogP contribution in [-0.4, -0.2) is 30.9 Å². The molecule has 0 aromatic heterocycles. The number of halogens is 1. The molecule has 4 nitrogen and oxygen atoms in total. The molecule has 1 unspecified atom stereocenters. The van der Waals surface area contributed by atoms with Gasteiger partial charge in [0.15, 0.2) is 0 Å². The molecule has 0 saturated heterocycles. The summed E-state index contributed by atoms with van der Waals surface area (Å²) in [4.78, 5) is 11.3. The largest absolute Gasteiger partial charge is 0.490 e. The van der Waals surface area contributed by atoms with E-state index in [4.69, 9.17) is 9.84 Å². The van der Waals surface area contributed by atoms with Gasteiger partial charge < -0.3 is 14.6 Å². The van der Waals surface area contributed by atoms with Crippen molar-refractivity contribution in [2.45, 2.75) is 13.0 Å². The molecule has 1 rings (SSSR count). The molecule has 1 atom stereocenters. The molecule has 5 heteroatoms. The van der Waals surface area contributed by atoms with Gasteiger partial charge in [0.05, 0.1) is 22.3 Å². The fourth-order valence-corrected chi connectivity index (χ4v) is 1.56. The van der Waals surface area contributed by atoms with Crippen LogP contribution in [-0.2, 0) is 4.74 Å². The van der Waals surface area contributed by atoms with Gasteiger partial charge in [-0.15, -0.1) is 0 Å². The van der Waals surface area contributed by atoms with Crippen LogP contribution in [0.25, 0.3) is 0 Å². The maximum Gasteiger partial charge on any atom is 0.337 e. The van der Waals surface area contributed by atoms with Crippen LogP contribution in [0.1, 0.15) is 17.3 Å². The maximum atomic E-state index is 11.3. The average molecular weight is 336 g/mol. The molecule has 1 aromatic carbocycles. The Bertz CT molecular complexity index is 376. The van der Waals surface area contributed by atoms with Gasteiger partial charge in [-0.25, -0.2) is 4.79 Å². The van der Waals surface area contributed by atoms with Crippen molar-refractivity contribution in [3.8, 4) is 5.75 Å². The fourth-order valence-electron chi connectivity index (χ4n) is 1.07. The smallest absolute Gasteiger partial charge is 0.337 e. The molecule has 0 aliphatic heterocycles. The minimum atomic E-state index is -0.544. The van der Waals surface area contributed by atoms with Crippen LogP contribution in [0.5, 0.6) is 5.75 Å². The van der Waals surface area contributed by atoms with Crippen molar-refractivity contribution in [2.75, 3.05) is 13.7 Å². The van der Waals surface area contributed by atoms with E-state index in [9.17, 15) is 4.79 Å². The Morgan fingerprint density at radius 2 is 2.25 bits per heavy atom. The molecule has 0 spiro atoms. The zero-order valence-corrected chi connectivity index (χ0v) is 11.2. The SMILES string of the molecule is COC(=O)c1ccc(I)c(OCC(C)O)c1. The number of benzene rings is 1. The molecule has 1 aromatic rings. The van der Waals surface area contributed by atoms with Crippen molar-refractivity contribution in [3.63, 3.8) is 0 Å². The predicted molar refractivity (Wildman–Crippen MR) is 67.7 cm³/mol. The average Bonchev–Trinajstić information content (AvgIpc) is 2.26. The van der Waals surface area contributed by atoms with Crippen LogP contribution < -0.4 is 4.74 Å². The first-order chi connectivity index (χ1) is 7.54. The molecule has 0 fully saturated rings. The molecule has 0 aliphatic rings. The molecular weight excluding hydrogens is 323 g/mol. The van der Waals surface area contributed by atoms with Crippen LogP contribution in [0.4, 0.5) is 0 Å². The Balaban J connectivity index is 2.86. The summed E-state index contributed by atoms with van der Waals surface area (Å²) >= 11 is 2.10. The number of aliphatic hydroxyl groups excluding tert-OH is 1. The molecule has 0 saturated carbocycles. The van der Waals surface area contributed by atoms with E-state index in [0.29, 0.717) is 11.3 Å². The highest BCUT2D eigenvalue weighted by Crippen LogP contribution is 2.22. The molecule has 1 N–H and O–H groups in total. The van der Waals surface area contributed by atoms with E-state index in [1.54, 1.807) is 25.1 Å². The molecule has 88 valence electrons. The van der Waals surface area contributed by atoms with Crippen LogP contribution in [0.2, 0.25) is 0 Å². The van der Waals surface area contributed by atoms with E-state index in [1.807, 2.05) is 0 Å². The first-order valence-electron chi connectivity index (χ1n) is 4.73. The number of hydrogen-bond donors (Lipinski definition) is 1. The zero-order valence-electron chi connectivity index (χ0n) is 9.07. The summed E-state index contributed by atoms with van der Waals surface area (Å²) in [6.07, 6.45) is -0.544. The van der Waals surface area contributed by atoms with E-state index in [-0.39, 0.29) is 6.61 Å². The number of carbonyl (C=O) groups excluding carboxylic acids is 1. The van der Waals surface area contributed by atoms with Gasteiger partial charge >= 0.3 is 5.97 Å². The Morgan fingerprint density at radius 3 is 2.81 bits per heavy atom. The van der Waals surface area contributed by atoms with E-state index in [2.05, 4.69) is 27.3 Å². The lowest BCUT2D eigenvalue weighted by Gasteiger charge is -2.10. The van der Waals surface area contributed by atoms with E-state index < -0.39 is 12.1 Å². The van der Waals surface area contributed by atoms with Gasteiger partial charge in [-0.3, -0.25) is 0 Å². The molecule has 0 amide bonds. The third-order valence-corrected chi connectivity index (χ3v) is 2.72. The lowest BCUT2D eigenvalue weighted by molar-refractivity contribution is 0.0600.